The summed E-state index contributed by atoms with van der Waals surface area (Å²) in [5, 5.41) is 0. The van der Waals surface area contributed by atoms with Crippen LogP contribution in [-0.4, -0.2) is 32.3 Å². The summed E-state index contributed by atoms with van der Waals surface area (Å²) in [6.45, 7) is 0. The fourth-order valence-corrected chi connectivity index (χ4v) is 1.07. The lowest BCUT2D eigenvalue weighted by atomic mass is 10.1. The molecule has 0 spiro atoms. The maximum atomic E-state index is 11.4. The van der Waals surface area contributed by atoms with Gasteiger partial charge in [0.15, 0.2) is 0 Å². The molecule has 0 saturated heterocycles. The van der Waals surface area contributed by atoms with Crippen LogP contribution in [0.2, 0.25) is 0 Å². The van der Waals surface area contributed by atoms with Gasteiger partial charge < -0.3 is 14.2 Å². The summed E-state index contributed by atoms with van der Waals surface area (Å²) in [7, 11) is 2.31. The van der Waals surface area contributed by atoms with E-state index in [-0.39, 0.29) is 11.1 Å². The Hall–Kier alpha value is -2.37. The molecule has 6 heteroatoms. The fraction of sp³-hybridized carbons (Fsp3) is 0.182. The van der Waals surface area contributed by atoms with Gasteiger partial charge in [-0.15, -0.1) is 0 Å². The first-order chi connectivity index (χ1) is 8.08. The number of hydrogen-bond acceptors (Lipinski definition) is 6. The second-order valence-corrected chi connectivity index (χ2v) is 2.92. The van der Waals surface area contributed by atoms with Crippen molar-refractivity contribution in [3.05, 3.63) is 35.4 Å². The molecule has 0 amide bonds. The zero-order valence-electron chi connectivity index (χ0n) is 9.26. The first-order valence-corrected chi connectivity index (χ1v) is 4.57. The van der Waals surface area contributed by atoms with Crippen LogP contribution in [-0.2, 0) is 14.2 Å². The molecular formula is C11H10O6. The Balaban J connectivity index is 2.88. The van der Waals surface area contributed by atoms with Crippen LogP contribution in [0.15, 0.2) is 24.3 Å². The van der Waals surface area contributed by atoms with Gasteiger partial charge in [-0.25, -0.2) is 14.4 Å². The number of benzene rings is 1. The van der Waals surface area contributed by atoms with E-state index in [4.69, 9.17) is 0 Å². The highest BCUT2D eigenvalue weighted by Gasteiger charge is 2.15. The van der Waals surface area contributed by atoms with E-state index < -0.39 is 18.1 Å². The van der Waals surface area contributed by atoms with Gasteiger partial charge in [-0.1, -0.05) is 6.07 Å². The van der Waals surface area contributed by atoms with Crippen molar-refractivity contribution < 1.29 is 28.6 Å². The molecule has 0 unspecified atom stereocenters. The fourth-order valence-electron chi connectivity index (χ4n) is 1.07. The van der Waals surface area contributed by atoms with Gasteiger partial charge in [0.25, 0.3) is 0 Å². The largest absolute Gasteiger partial charge is 0.516 e. The number of methoxy groups -OCH3 is 2. The molecule has 0 fully saturated rings. The van der Waals surface area contributed by atoms with E-state index >= 15 is 0 Å². The van der Waals surface area contributed by atoms with E-state index in [0.29, 0.717) is 0 Å². The molecule has 0 heterocycles. The lowest BCUT2D eigenvalue weighted by Gasteiger charge is -2.03. The smallest absolute Gasteiger partial charge is 0.465 e. The van der Waals surface area contributed by atoms with E-state index in [2.05, 4.69) is 14.2 Å². The minimum absolute atomic E-state index is 0.0540. The lowest BCUT2D eigenvalue weighted by Crippen LogP contribution is -2.13. The number of esters is 2. The Morgan fingerprint density at radius 3 is 2.06 bits per heavy atom. The molecular weight excluding hydrogens is 228 g/mol. The van der Waals surface area contributed by atoms with Gasteiger partial charge in [-0.05, 0) is 18.2 Å². The number of hydrogen-bond donors (Lipinski definition) is 0. The standard InChI is InChI=1S/C11H10O6/c1-15-9(12)7-4-3-5-8(6-7)10(13)17-11(14)16-2/h3-6H,1-2H3. The third kappa shape index (κ3) is 3.30. The van der Waals surface area contributed by atoms with Crippen LogP contribution in [0.5, 0.6) is 0 Å². The average Bonchev–Trinajstić information content (AvgIpc) is 2.37. The molecule has 0 bridgehead atoms. The van der Waals surface area contributed by atoms with Gasteiger partial charge in [0.1, 0.15) is 0 Å². The zero-order chi connectivity index (χ0) is 12.8. The highest BCUT2D eigenvalue weighted by molar-refractivity contribution is 5.98. The number of carbonyl (C=O) groups is 3. The molecule has 0 aromatic heterocycles. The summed E-state index contributed by atoms with van der Waals surface area (Å²) in [4.78, 5) is 33.3. The number of carbonyl (C=O) groups excluding carboxylic acids is 3. The lowest BCUT2D eigenvalue weighted by molar-refractivity contribution is 0.0452. The molecule has 1 rings (SSSR count). The molecule has 0 N–H and O–H groups in total. The Kier molecular flexibility index (Phi) is 4.21. The van der Waals surface area contributed by atoms with Crippen LogP contribution in [0, 0.1) is 0 Å². The summed E-state index contributed by atoms with van der Waals surface area (Å²) in [5.74, 6) is -1.49. The molecule has 1 aromatic rings. The average molecular weight is 238 g/mol. The van der Waals surface area contributed by atoms with Gasteiger partial charge in [-0.2, -0.15) is 0 Å². The third-order valence-corrected chi connectivity index (χ3v) is 1.86. The van der Waals surface area contributed by atoms with Crippen LogP contribution in [0.3, 0.4) is 0 Å². The molecule has 0 saturated carbocycles. The minimum atomic E-state index is -1.11. The third-order valence-electron chi connectivity index (χ3n) is 1.86. The summed E-state index contributed by atoms with van der Waals surface area (Å²) >= 11 is 0. The highest BCUT2D eigenvalue weighted by Crippen LogP contribution is 2.08. The quantitative estimate of drug-likeness (QED) is 0.572. The van der Waals surface area contributed by atoms with Crippen molar-refractivity contribution in [3.63, 3.8) is 0 Å². The topological polar surface area (TPSA) is 78.9 Å². The van der Waals surface area contributed by atoms with E-state index in [1.54, 1.807) is 0 Å². The van der Waals surface area contributed by atoms with Crippen LogP contribution < -0.4 is 0 Å². The number of rotatable bonds is 2. The van der Waals surface area contributed by atoms with Crippen LogP contribution in [0.4, 0.5) is 4.79 Å². The van der Waals surface area contributed by atoms with Crippen LogP contribution in [0.1, 0.15) is 20.7 Å². The molecule has 0 aliphatic rings. The second-order valence-electron chi connectivity index (χ2n) is 2.92. The van der Waals surface area contributed by atoms with Crippen molar-refractivity contribution >= 4 is 18.1 Å². The number of ether oxygens (including phenoxy) is 3. The Bertz CT molecular complexity index is 451. The molecule has 0 aliphatic carbocycles. The van der Waals surface area contributed by atoms with Crippen LogP contribution >= 0.6 is 0 Å². The summed E-state index contributed by atoms with van der Waals surface area (Å²) in [6.07, 6.45) is -1.11. The second kappa shape index (κ2) is 5.64. The highest BCUT2D eigenvalue weighted by atomic mass is 16.7. The Morgan fingerprint density at radius 1 is 0.941 bits per heavy atom. The van der Waals surface area contributed by atoms with Gasteiger partial charge in [0.05, 0.1) is 25.3 Å². The first kappa shape index (κ1) is 12.7. The van der Waals surface area contributed by atoms with Crippen molar-refractivity contribution in [3.8, 4) is 0 Å². The maximum absolute atomic E-state index is 11.4. The maximum Gasteiger partial charge on any atom is 0.516 e. The molecule has 1 aromatic carbocycles. The summed E-state index contributed by atoms with van der Waals surface area (Å²) in [5.41, 5.74) is 0.241. The predicted molar refractivity (Wildman–Crippen MR) is 55.6 cm³/mol. The summed E-state index contributed by atoms with van der Waals surface area (Å²) < 4.78 is 13.0. The molecule has 0 atom stereocenters. The molecule has 6 nitrogen and oxygen atoms in total. The Labute approximate surface area is 97.1 Å². The predicted octanol–water partition coefficient (Wildman–Crippen LogP) is 1.40. The molecule has 0 radical (unpaired) electrons. The Morgan fingerprint density at radius 2 is 1.53 bits per heavy atom. The van der Waals surface area contributed by atoms with Crippen molar-refractivity contribution in [2.45, 2.75) is 0 Å². The van der Waals surface area contributed by atoms with E-state index in [0.717, 1.165) is 7.11 Å². The van der Waals surface area contributed by atoms with Gasteiger partial charge in [-0.3, -0.25) is 0 Å². The zero-order valence-corrected chi connectivity index (χ0v) is 9.26. The van der Waals surface area contributed by atoms with Crippen molar-refractivity contribution in [1.29, 1.82) is 0 Å². The first-order valence-electron chi connectivity index (χ1n) is 4.57. The van der Waals surface area contributed by atoms with E-state index in [9.17, 15) is 14.4 Å². The van der Waals surface area contributed by atoms with Gasteiger partial charge >= 0.3 is 18.1 Å². The van der Waals surface area contributed by atoms with Crippen molar-refractivity contribution in [1.82, 2.24) is 0 Å². The summed E-state index contributed by atoms with van der Waals surface area (Å²) in [6, 6.07) is 5.61. The SMILES string of the molecule is COC(=O)OC(=O)c1cccc(C(=O)OC)c1. The van der Waals surface area contributed by atoms with E-state index in [1.807, 2.05) is 0 Å². The van der Waals surface area contributed by atoms with Crippen molar-refractivity contribution in [2.75, 3.05) is 14.2 Å². The van der Waals surface area contributed by atoms with Gasteiger partial charge in [0, 0.05) is 0 Å². The van der Waals surface area contributed by atoms with E-state index in [1.165, 1.54) is 31.4 Å². The molecule has 0 aliphatic heterocycles. The van der Waals surface area contributed by atoms with Crippen LogP contribution in [0.25, 0.3) is 0 Å². The molecule has 17 heavy (non-hydrogen) atoms. The monoisotopic (exact) mass is 238 g/mol. The normalized spacial score (nSPS) is 9.29. The minimum Gasteiger partial charge on any atom is -0.465 e. The van der Waals surface area contributed by atoms with Gasteiger partial charge in [0.2, 0.25) is 0 Å². The molecule has 90 valence electrons. The van der Waals surface area contributed by atoms with Crippen molar-refractivity contribution in [2.24, 2.45) is 0 Å².